The van der Waals surface area contributed by atoms with Gasteiger partial charge < -0.3 is 5.32 Å². The van der Waals surface area contributed by atoms with Crippen LogP contribution < -0.4 is 5.32 Å². The number of amides is 1. The van der Waals surface area contributed by atoms with Gasteiger partial charge in [0.2, 0.25) is 5.91 Å². The van der Waals surface area contributed by atoms with Crippen LogP contribution in [0.3, 0.4) is 0 Å². The minimum Gasteiger partial charge on any atom is -0.324 e. The molecular formula is C16H10Cl3F3N4OS. The van der Waals surface area contributed by atoms with Crippen LogP contribution in [0.25, 0.3) is 5.65 Å². The van der Waals surface area contributed by atoms with Crippen molar-refractivity contribution in [3.63, 3.8) is 0 Å². The highest BCUT2D eigenvalue weighted by atomic mass is 35.5. The van der Waals surface area contributed by atoms with Crippen LogP contribution in [0.5, 0.6) is 0 Å². The van der Waals surface area contributed by atoms with E-state index in [2.05, 4.69) is 15.5 Å². The van der Waals surface area contributed by atoms with E-state index in [0.717, 1.165) is 28.4 Å². The highest BCUT2D eigenvalue weighted by Gasteiger charge is 2.32. The first kappa shape index (κ1) is 21.0. The number of hydrogen-bond donors (Lipinski definition) is 1. The summed E-state index contributed by atoms with van der Waals surface area (Å²) < 4.78 is 40.2. The fraction of sp³-hybridized carbons (Fsp3) is 0.188. The first-order valence-corrected chi connectivity index (χ1v) is 9.61. The van der Waals surface area contributed by atoms with Crippen LogP contribution in [0.15, 0.2) is 35.6 Å². The molecule has 0 fully saturated rings. The molecule has 0 aliphatic heterocycles. The Morgan fingerprint density at radius 3 is 2.57 bits per heavy atom. The second-order valence-corrected chi connectivity index (χ2v) is 8.18. The van der Waals surface area contributed by atoms with Crippen molar-refractivity contribution < 1.29 is 18.0 Å². The Labute approximate surface area is 176 Å². The number of nitrogens with zero attached hydrogens (tertiary/aromatic N) is 3. The molecule has 0 radical (unpaired) electrons. The Morgan fingerprint density at radius 1 is 1.18 bits per heavy atom. The molecule has 5 nitrogen and oxygen atoms in total. The van der Waals surface area contributed by atoms with E-state index in [1.807, 2.05) is 0 Å². The lowest BCUT2D eigenvalue weighted by Gasteiger charge is -2.13. The number of carbonyl (C=O) groups is 1. The van der Waals surface area contributed by atoms with E-state index < -0.39 is 22.9 Å². The maximum absolute atomic E-state index is 13.0. The van der Waals surface area contributed by atoms with Gasteiger partial charge in [-0.15, -0.1) is 10.2 Å². The highest BCUT2D eigenvalue weighted by molar-refractivity contribution is 8.00. The molecule has 1 amide bonds. The molecule has 2 heterocycles. The van der Waals surface area contributed by atoms with Gasteiger partial charge in [0, 0.05) is 11.2 Å². The smallest absolute Gasteiger partial charge is 0.324 e. The van der Waals surface area contributed by atoms with Crippen molar-refractivity contribution in [1.82, 2.24) is 14.6 Å². The number of pyridine rings is 1. The van der Waals surface area contributed by atoms with Crippen molar-refractivity contribution in [2.24, 2.45) is 0 Å². The Morgan fingerprint density at radius 2 is 1.89 bits per heavy atom. The average Bonchev–Trinajstić information content (AvgIpc) is 3.01. The van der Waals surface area contributed by atoms with Crippen LogP contribution in [0.2, 0.25) is 15.1 Å². The maximum atomic E-state index is 13.0. The number of rotatable bonds is 4. The summed E-state index contributed by atoms with van der Waals surface area (Å²) in [5, 5.41) is 10.1. The molecule has 0 bridgehead atoms. The van der Waals surface area contributed by atoms with Crippen LogP contribution in [0, 0.1) is 0 Å². The monoisotopic (exact) mass is 468 g/mol. The zero-order chi connectivity index (χ0) is 20.6. The van der Waals surface area contributed by atoms with Crippen molar-refractivity contribution in [3.05, 3.63) is 51.1 Å². The molecule has 0 aliphatic rings. The molecule has 0 aliphatic carbocycles. The summed E-state index contributed by atoms with van der Waals surface area (Å²) in [6, 6.07) is 5.37. The van der Waals surface area contributed by atoms with Gasteiger partial charge in [-0.2, -0.15) is 13.2 Å². The number of aromatic nitrogens is 3. The van der Waals surface area contributed by atoms with E-state index in [1.165, 1.54) is 12.1 Å². The minimum absolute atomic E-state index is 0.0580. The summed E-state index contributed by atoms with van der Waals surface area (Å²) in [5.74, 6) is -0.441. The quantitative estimate of drug-likeness (QED) is 0.489. The number of fused-ring (bicyclic) bond motifs is 1. The SMILES string of the molecule is CC(Sc1nnc2c(Cl)cc(C(F)(F)F)cn12)C(=O)Nc1cc(Cl)ccc1Cl. The summed E-state index contributed by atoms with van der Waals surface area (Å²) in [4.78, 5) is 12.4. The number of hydrogen-bond acceptors (Lipinski definition) is 4. The molecule has 1 N–H and O–H groups in total. The van der Waals surface area contributed by atoms with E-state index in [-0.39, 0.29) is 15.8 Å². The van der Waals surface area contributed by atoms with Gasteiger partial charge in [-0.3, -0.25) is 9.20 Å². The number of halogens is 6. The van der Waals surface area contributed by atoms with Crippen molar-refractivity contribution in [2.75, 3.05) is 5.32 Å². The van der Waals surface area contributed by atoms with Gasteiger partial charge in [0.25, 0.3) is 0 Å². The van der Waals surface area contributed by atoms with Crippen LogP contribution in [0.1, 0.15) is 12.5 Å². The lowest BCUT2D eigenvalue weighted by Crippen LogP contribution is -2.23. The zero-order valence-corrected chi connectivity index (χ0v) is 17.0. The molecule has 3 aromatic rings. The van der Waals surface area contributed by atoms with Crippen LogP contribution >= 0.6 is 46.6 Å². The topological polar surface area (TPSA) is 59.3 Å². The van der Waals surface area contributed by atoms with Gasteiger partial charge in [-0.25, -0.2) is 0 Å². The van der Waals surface area contributed by atoms with E-state index in [1.54, 1.807) is 13.0 Å². The second kappa shape index (κ2) is 7.98. The highest BCUT2D eigenvalue weighted by Crippen LogP contribution is 2.34. The van der Waals surface area contributed by atoms with Gasteiger partial charge in [0.1, 0.15) is 0 Å². The Kier molecular flexibility index (Phi) is 6.00. The first-order valence-electron chi connectivity index (χ1n) is 7.60. The molecule has 0 spiro atoms. The maximum Gasteiger partial charge on any atom is 0.417 e. The summed E-state index contributed by atoms with van der Waals surface area (Å²) in [7, 11) is 0. The molecule has 148 valence electrons. The van der Waals surface area contributed by atoms with E-state index in [9.17, 15) is 18.0 Å². The predicted octanol–water partition coefficient (Wildman–Crippen LogP) is 5.83. The summed E-state index contributed by atoms with van der Waals surface area (Å²) in [6.07, 6.45) is -3.75. The summed E-state index contributed by atoms with van der Waals surface area (Å²) in [5.41, 5.74) is -0.572. The van der Waals surface area contributed by atoms with Crippen LogP contribution in [-0.4, -0.2) is 25.8 Å². The van der Waals surface area contributed by atoms with Gasteiger partial charge in [-0.05, 0) is 31.2 Å². The van der Waals surface area contributed by atoms with Gasteiger partial charge in [0.05, 0.1) is 26.5 Å². The number of anilines is 1. The number of thioether (sulfide) groups is 1. The van der Waals surface area contributed by atoms with E-state index in [4.69, 9.17) is 34.8 Å². The van der Waals surface area contributed by atoms with Crippen molar-refractivity contribution in [3.8, 4) is 0 Å². The largest absolute Gasteiger partial charge is 0.417 e. The van der Waals surface area contributed by atoms with Crippen LogP contribution in [0.4, 0.5) is 18.9 Å². The third-order valence-electron chi connectivity index (χ3n) is 3.59. The molecule has 1 atom stereocenters. The molecule has 3 rings (SSSR count). The lowest BCUT2D eigenvalue weighted by atomic mass is 10.3. The molecular weight excluding hydrogens is 460 g/mol. The molecule has 0 saturated carbocycles. The van der Waals surface area contributed by atoms with Crippen LogP contribution in [-0.2, 0) is 11.0 Å². The normalized spacial score (nSPS) is 13.0. The second-order valence-electron chi connectivity index (χ2n) is 5.62. The molecule has 12 heteroatoms. The summed E-state index contributed by atoms with van der Waals surface area (Å²) >= 11 is 18.7. The number of benzene rings is 1. The average molecular weight is 470 g/mol. The molecule has 1 aromatic carbocycles. The van der Waals surface area contributed by atoms with Gasteiger partial charge in [0.15, 0.2) is 10.8 Å². The van der Waals surface area contributed by atoms with Crippen molar-refractivity contribution in [2.45, 2.75) is 23.5 Å². The lowest BCUT2D eigenvalue weighted by molar-refractivity contribution is -0.137. The zero-order valence-electron chi connectivity index (χ0n) is 13.9. The van der Waals surface area contributed by atoms with E-state index in [0.29, 0.717) is 15.7 Å². The molecule has 2 aromatic heterocycles. The van der Waals surface area contributed by atoms with Crippen molar-refractivity contribution >= 4 is 63.8 Å². The first-order chi connectivity index (χ1) is 13.1. The third kappa shape index (κ3) is 4.48. The predicted molar refractivity (Wildman–Crippen MR) is 103 cm³/mol. The molecule has 28 heavy (non-hydrogen) atoms. The summed E-state index contributed by atoms with van der Waals surface area (Å²) in [6.45, 7) is 1.56. The molecule has 1 unspecified atom stereocenters. The Bertz CT molecular complexity index is 1060. The third-order valence-corrected chi connectivity index (χ3v) is 5.49. The number of alkyl halides is 3. The van der Waals surface area contributed by atoms with Gasteiger partial charge >= 0.3 is 6.18 Å². The Balaban J connectivity index is 1.84. The fourth-order valence-electron chi connectivity index (χ4n) is 2.21. The minimum atomic E-state index is -4.59. The number of carbonyl (C=O) groups excluding carboxylic acids is 1. The van der Waals surface area contributed by atoms with Gasteiger partial charge in [-0.1, -0.05) is 46.6 Å². The molecule has 0 saturated heterocycles. The Hall–Kier alpha value is -1.68. The van der Waals surface area contributed by atoms with E-state index >= 15 is 0 Å². The number of nitrogens with one attached hydrogen (secondary N) is 1. The standard InChI is InChI=1S/C16H10Cl3F3N4OS/c1-7(14(27)23-12-5-9(17)2-3-10(12)18)28-15-25-24-13-11(19)4-8(6-26(13)15)16(20,21)22/h2-7H,1H3,(H,23,27). The van der Waals surface area contributed by atoms with Crippen molar-refractivity contribution in [1.29, 1.82) is 0 Å². The fourth-order valence-corrected chi connectivity index (χ4v) is 3.61.